The van der Waals surface area contributed by atoms with Gasteiger partial charge in [-0.3, -0.25) is 19.2 Å². The summed E-state index contributed by atoms with van der Waals surface area (Å²) in [6, 6.07) is 3.86. The number of hydrogen-bond donors (Lipinski definition) is 4. The first-order chi connectivity index (χ1) is 20.3. The molecule has 2 atom stereocenters. The van der Waals surface area contributed by atoms with E-state index in [2.05, 4.69) is 5.32 Å². The van der Waals surface area contributed by atoms with E-state index in [1.807, 2.05) is 7.05 Å². The van der Waals surface area contributed by atoms with E-state index < -0.39 is 59.2 Å². The van der Waals surface area contributed by atoms with Gasteiger partial charge in [-0.2, -0.15) is 26.3 Å². The van der Waals surface area contributed by atoms with Gasteiger partial charge in [0.2, 0.25) is 0 Å². The predicted molar refractivity (Wildman–Crippen MR) is 133 cm³/mol. The zero-order chi connectivity index (χ0) is 33.1. The third kappa shape index (κ3) is 7.66. The van der Waals surface area contributed by atoms with Crippen molar-refractivity contribution in [1.82, 2.24) is 14.8 Å². The fraction of sp³-hybridized carbons (Fsp3) is 0.423. The molecular formula is C26H26F6N4O8. The van der Waals surface area contributed by atoms with Crippen LogP contribution in [0.5, 0.6) is 5.75 Å². The molecule has 1 unspecified atom stereocenters. The molecule has 4 rings (SSSR count). The largest absolute Gasteiger partial charge is 0.542 e. The van der Waals surface area contributed by atoms with Crippen LogP contribution >= 0.6 is 0 Å². The number of pyridine rings is 1. The van der Waals surface area contributed by atoms with Crippen LogP contribution in [-0.4, -0.2) is 75.8 Å². The van der Waals surface area contributed by atoms with E-state index in [-0.39, 0.29) is 42.8 Å². The van der Waals surface area contributed by atoms with Gasteiger partial charge < -0.3 is 39.8 Å². The molecule has 1 aromatic carbocycles. The van der Waals surface area contributed by atoms with Gasteiger partial charge in [0.1, 0.15) is 23.8 Å². The fourth-order valence-corrected chi connectivity index (χ4v) is 4.90. The zero-order valence-corrected chi connectivity index (χ0v) is 22.8. The van der Waals surface area contributed by atoms with Gasteiger partial charge in [0.05, 0.1) is 38.8 Å². The smallest absolute Gasteiger partial charge is 0.430 e. The van der Waals surface area contributed by atoms with Crippen LogP contribution < -0.4 is 20.9 Å². The minimum absolute atomic E-state index is 0.0294. The van der Waals surface area contributed by atoms with Gasteiger partial charge in [-0.05, 0) is 17.7 Å². The van der Waals surface area contributed by atoms with Crippen molar-refractivity contribution in [1.29, 1.82) is 0 Å². The molecule has 18 heteroatoms. The Labute approximate surface area is 244 Å². The monoisotopic (exact) mass is 636 g/mol. The number of quaternary nitrogens is 1. The molecule has 2 aliphatic heterocycles. The Morgan fingerprint density at radius 2 is 1.66 bits per heavy atom. The van der Waals surface area contributed by atoms with Gasteiger partial charge in [0, 0.05) is 24.1 Å². The molecule has 2 amide bonds. The molecule has 240 valence electrons. The highest BCUT2D eigenvalue weighted by Crippen LogP contribution is 2.33. The Morgan fingerprint density at radius 3 is 2.14 bits per heavy atom. The van der Waals surface area contributed by atoms with Gasteiger partial charge in [-0.25, -0.2) is 0 Å². The van der Waals surface area contributed by atoms with Crippen LogP contribution in [0.25, 0.3) is 0 Å². The van der Waals surface area contributed by atoms with Gasteiger partial charge in [0.15, 0.2) is 6.04 Å². The Morgan fingerprint density at radius 1 is 1.07 bits per heavy atom. The van der Waals surface area contributed by atoms with Gasteiger partial charge in [0.25, 0.3) is 17.4 Å². The van der Waals surface area contributed by atoms with Gasteiger partial charge in [-0.15, -0.1) is 0 Å². The number of aromatic hydroxyl groups is 1. The second-order valence-electron chi connectivity index (χ2n) is 10.1. The number of nitrogens with one attached hydrogen (secondary N) is 2. The van der Waals surface area contributed by atoms with Crippen molar-refractivity contribution in [3.8, 4) is 5.75 Å². The number of aromatic nitrogens is 1. The molecule has 0 bridgehead atoms. The van der Waals surface area contributed by atoms with Crippen LogP contribution in [0, 0.1) is 0 Å². The molecule has 3 heterocycles. The first kappa shape index (κ1) is 33.9. The van der Waals surface area contributed by atoms with Crippen LogP contribution in [0.4, 0.5) is 26.3 Å². The minimum Gasteiger partial charge on any atom is -0.542 e. The van der Waals surface area contributed by atoms with Crippen LogP contribution in [0.15, 0.2) is 29.1 Å². The maximum atomic E-state index is 13.4. The zero-order valence-electron chi connectivity index (χ0n) is 22.8. The Hall–Kier alpha value is -4.61. The molecule has 1 fully saturated rings. The summed E-state index contributed by atoms with van der Waals surface area (Å²) < 4.78 is 71.6. The number of carboxylic acid groups (broad SMARTS) is 2. The summed E-state index contributed by atoms with van der Waals surface area (Å²) in [6.45, 7) is -0.297. The number of rotatable bonds is 6. The maximum Gasteiger partial charge on any atom is 0.430 e. The lowest BCUT2D eigenvalue weighted by Crippen LogP contribution is -3.12. The normalized spacial score (nSPS) is 17.8. The molecular weight excluding hydrogens is 610 g/mol. The summed E-state index contributed by atoms with van der Waals surface area (Å²) in [4.78, 5) is 61.4. The molecule has 2 aliphatic rings. The molecule has 4 N–H and O–H groups in total. The van der Waals surface area contributed by atoms with Crippen molar-refractivity contribution < 1.29 is 65.7 Å². The number of alkyl halides is 6. The van der Waals surface area contributed by atoms with Crippen molar-refractivity contribution >= 4 is 23.8 Å². The summed E-state index contributed by atoms with van der Waals surface area (Å²) in [5, 5.41) is 30.6. The van der Waals surface area contributed by atoms with Crippen LogP contribution in [-0.2, 0) is 40.2 Å². The maximum absolute atomic E-state index is 13.4. The first-order valence-corrected chi connectivity index (χ1v) is 12.9. The van der Waals surface area contributed by atoms with Crippen molar-refractivity contribution in [3.63, 3.8) is 0 Å². The topological polar surface area (TPSA) is 174 Å². The summed E-state index contributed by atoms with van der Waals surface area (Å²) >= 11 is 0. The molecule has 0 saturated carbocycles. The van der Waals surface area contributed by atoms with Gasteiger partial charge >= 0.3 is 18.3 Å². The first-order valence-electron chi connectivity index (χ1n) is 12.9. The average molecular weight is 637 g/mol. The van der Waals surface area contributed by atoms with Crippen molar-refractivity contribution in [2.45, 2.75) is 50.9 Å². The number of likely N-dealkylation sites (N-methyl/N-ethyl adjacent to an activating group) is 1. The Balaban J connectivity index is 0.000000676. The second kappa shape index (κ2) is 12.9. The fourth-order valence-electron chi connectivity index (χ4n) is 4.90. The van der Waals surface area contributed by atoms with E-state index in [9.17, 15) is 50.6 Å². The molecule has 44 heavy (non-hydrogen) atoms. The summed E-state index contributed by atoms with van der Waals surface area (Å²) in [6.07, 6.45) is -8.17. The van der Waals surface area contributed by atoms with Crippen LogP contribution in [0.2, 0.25) is 0 Å². The molecule has 2 aromatic rings. The van der Waals surface area contributed by atoms with E-state index in [4.69, 9.17) is 15.0 Å². The average Bonchev–Trinajstić information content (AvgIpc) is 3.56. The van der Waals surface area contributed by atoms with E-state index in [0.29, 0.717) is 12.0 Å². The number of carbonyl (C=O) groups is 4. The minimum atomic E-state index is -5.19. The third-order valence-electron chi connectivity index (χ3n) is 7.09. The SMILES string of the molecule is C[NH+]1CCC[C@H]1C(=O)N1Cc2c(O)c(C(=O)NCC(=O)O)c(=O)n(Cc3ccc(C(F)(F)F)cc3)c2C1.O=C([O-])C(F)(F)F. The second-order valence-corrected chi connectivity index (χ2v) is 10.1. The molecule has 12 nitrogen and oxygen atoms in total. The van der Waals surface area contributed by atoms with E-state index in [1.54, 1.807) is 0 Å². The Kier molecular flexibility index (Phi) is 9.97. The lowest BCUT2D eigenvalue weighted by Gasteiger charge is -2.22. The molecule has 0 aliphatic carbocycles. The molecule has 1 aromatic heterocycles. The quantitative estimate of drug-likeness (QED) is 0.300. The highest BCUT2D eigenvalue weighted by Gasteiger charge is 2.40. The third-order valence-corrected chi connectivity index (χ3v) is 7.09. The van der Waals surface area contributed by atoms with Crippen molar-refractivity contribution in [3.05, 3.63) is 62.6 Å². The number of likely N-dealkylation sites (tertiary alicyclic amines) is 1. The predicted octanol–water partition coefficient (Wildman–Crippen LogP) is -0.747. The lowest BCUT2D eigenvalue weighted by atomic mass is 10.1. The standard InChI is InChI=1S/C24H25F3N4O6.C2HF3O2/c1-29-8-2-3-16(29)22(36)30-11-15-17(12-30)31(10-13-4-6-14(7-5-13)24(25,26)27)23(37)19(20(15)34)21(35)28-9-18(32)33;3-2(4,5)1(6)7/h4-7,16,34H,2-3,8-12H2,1H3,(H,28,35)(H,32,33);(H,6,7)/t16-;/m0./s1. The number of benzene rings is 1. The number of nitrogens with zero attached hydrogens (tertiary/aromatic N) is 2. The summed E-state index contributed by atoms with van der Waals surface area (Å²) in [5.41, 5.74) is -1.75. The number of fused-ring (bicyclic) bond motifs is 1. The van der Waals surface area contributed by atoms with Crippen molar-refractivity contribution in [2.75, 3.05) is 20.1 Å². The number of amides is 2. The van der Waals surface area contributed by atoms with Gasteiger partial charge in [-0.1, -0.05) is 12.1 Å². The van der Waals surface area contributed by atoms with Crippen LogP contribution in [0.3, 0.4) is 0 Å². The number of carbonyl (C=O) groups excluding carboxylic acids is 3. The lowest BCUT2D eigenvalue weighted by molar-refractivity contribution is -0.882. The highest BCUT2D eigenvalue weighted by molar-refractivity contribution is 5.98. The van der Waals surface area contributed by atoms with E-state index in [1.165, 1.54) is 17.0 Å². The highest BCUT2D eigenvalue weighted by atomic mass is 19.4. The number of aliphatic carboxylic acids is 2. The van der Waals surface area contributed by atoms with Crippen LogP contribution in [0.1, 0.15) is 45.6 Å². The Bertz CT molecular complexity index is 1500. The summed E-state index contributed by atoms with van der Waals surface area (Å²) in [5.74, 6) is -6.30. The van der Waals surface area contributed by atoms with E-state index >= 15 is 0 Å². The number of carboxylic acids is 2. The number of halogens is 6. The van der Waals surface area contributed by atoms with Crippen molar-refractivity contribution in [2.24, 2.45) is 0 Å². The molecule has 0 radical (unpaired) electrons. The molecule has 0 spiro atoms. The molecule has 1 saturated heterocycles. The summed E-state index contributed by atoms with van der Waals surface area (Å²) in [7, 11) is 1.90. The van der Waals surface area contributed by atoms with E-state index in [0.717, 1.165) is 34.6 Å². The number of hydrogen-bond acceptors (Lipinski definition) is 7.